The molecule has 34 heavy (non-hydrogen) atoms. The Balaban J connectivity index is 0.00000324. The summed E-state index contributed by atoms with van der Waals surface area (Å²) in [7, 11) is 0. The molecular weight excluding hydrogens is 599 g/mol. The van der Waals surface area contributed by atoms with Crippen molar-refractivity contribution in [1.82, 2.24) is 15.0 Å². The van der Waals surface area contributed by atoms with Gasteiger partial charge in [0, 0.05) is 11.9 Å². The summed E-state index contributed by atoms with van der Waals surface area (Å²) in [6.45, 7) is 12.9. The quantitative estimate of drug-likeness (QED) is 0.403. The van der Waals surface area contributed by atoms with Gasteiger partial charge in [0.15, 0.2) is 0 Å². The van der Waals surface area contributed by atoms with Gasteiger partial charge in [0.2, 0.25) is 0 Å². The second kappa shape index (κ2) is 11.1. The summed E-state index contributed by atoms with van der Waals surface area (Å²) >= 11 is 0. The SMILES string of the molecule is CCc1c(/C=C2\N=C(C)C(C)=C2C)[n-]c(/C=c2/cc(CC)/c(=C/c3ccccn3)[n-]2)c1CC.[Pt+2]. The van der Waals surface area contributed by atoms with Gasteiger partial charge < -0.3 is 9.97 Å². The minimum absolute atomic E-state index is 0. The van der Waals surface area contributed by atoms with Gasteiger partial charge in [-0.25, -0.2) is 0 Å². The van der Waals surface area contributed by atoms with Crippen LogP contribution in [0.25, 0.3) is 18.2 Å². The molecule has 0 unspecified atom stereocenters. The number of hydrogen-bond acceptors (Lipinski definition) is 2. The minimum atomic E-state index is 0. The second-order valence-electron chi connectivity index (χ2n) is 8.51. The molecule has 0 fully saturated rings. The molecule has 0 aromatic carbocycles. The molecule has 3 aromatic heterocycles. The van der Waals surface area contributed by atoms with Crippen LogP contribution in [0.15, 0.2) is 52.3 Å². The summed E-state index contributed by atoms with van der Waals surface area (Å²) in [4.78, 5) is 19.2. The molecular formula is C29H32N4Pt. The standard InChI is InChI=1S/C29H32N4.Pt/c1-7-21-14-23(32-27(21)15-22-12-10-11-13-30-22)16-28-24(8-2)25(9-3)29(33-28)17-26-19(5)18(4)20(6)31-26;/h10-17H,7-9H2,1-6H3;/q-2;+2/b23-16-,26-17-,27-15-;. The van der Waals surface area contributed by atoms with Gasteiger partial charge in [-0.05, 0) is 63.3 Å². The fourth-order valence-corrected chi connectivity index (χ4v) is 4.40. The van der Waals surface area contributed by atoms with E-state index in [1.54, 1.807) is 0 Å². The van der Waals surface area contributed by atoms with Gasteiger partial charge in [-0.2, -0.15) is 0 Å². The molecule has 0 radical (unpaired) electrons. The van der Waals surface area contributed by atoms with Gasteiger partial charge in [0.05, 0.1) is 11.4 Å². The summed E-state index contributed by atoms with van der Waals surface area (Å²) in [6, 6.07) is 8.11. The number of allylic oxidation sites excluding steroid dienone is 2. The van der Waals surface area contributed by atoms with Crippen molar-refractivity contribution in [3.05, 3.63) is 91.8 Å². The van der Waals surface area contributed by atoms with Crippen molar-refractivity contribution in [2.24, 2.45) is 4.99 Å². The van der Waals surface area contributed by atoms with Gasteiger partial charge in [0.25, 0.3) is 0 Å². The Bertz CT molecular complexity index is 1380. The molecule has 4 heterocycles. The second-order valence-corrected chi connectivity index (χ2v) is 8.51. The summed E-state index contributed by atoms with van der Waals surface area (Å²) in [5.74, 6) is 0. The van der Waals surface area contributed by atoms with Crippen LogP contribution in [0.1, 0.15) is 75.3 Å². The molecule has 3 aromatic rings. The third kappa shape index (κ3) is 5.18. The number of rotatable bonds is 6. The molecule has 4 nitrogen and oxygen atoms in total. The molecule has 0 atom stereocenters. The maximum atomic E-state index is 5.06. The van der Waals surface area contributed by atoms with Crippen molar-refractivity contribution < 1.29 is 21.1 Å². The van der Waals surface area contributed by atoms with E-state index in [9.17, 15) is 0 Å². The fraction of sp³-hybridized carbons (Fsp3) is 0.310. The number of aliphatic imine (C=N–C) groups is 1. The largest absolute Gasteiger partial charge is 2.00 e. The first-order valence-corrected chi connectivity index (χ1v) is 11.9. The zero-order chi connectivity index (χ0) is 23.5. The van der Waals surface area contributed by atoms with E-state index in [0.29, 0.717) is 0 Å². The van der Waals surface area contributed by atoms with E-state index in [4.69, 9.17) is 15.0 Å². The first-order chi connectivity index (χ1) is 15.9. The van der Waals surface area contributed by atoms with Gasteiger partial charge >= 0.3 is 21.1 Å². The molecule has 178 valence electrons. The number of nitrogens with zero attached hydrogens (tertiary/aromatic N) is 4. The van der Waals surface area contributed by atoms with E-state index in [2.05, 4.69) is 70.8 Å². The molecule has 1 aliphatic heterocycles. The van der Waals surface area contributed by atoms with E-state index >= 15 is 0 Å². The van der Waals surface area contributed by atoms with Crippen molar-refractivity contribution in [2.45, 2.75) is 60.8 Å². The molecule has 0 amide bonds. The van der Waals surface area contributed by atoms with E-state index in [1.807, 2.05) is 24.4 Å². The average molecular weight is 632 g/mol. The Morgan fingerprint density at radius 1 is 0.824 bits per heavy atom. The normalized spacial score (nSPS) is 15.9. The molecule has 0 N–H and O–H groups in total. The van der Waals surface area contributed by atoms with Crippen LogP contribution in [0, 0.1) is 0 Å². The zero-order valence-corrected chi connectivity index (χ0v) is 23.1. The predicted octanol–water partition coefficient (Wildman–Crippen LogP) is 4.49. The van der Waals surface area contributed by atoms with Crippen LogP contribution < -0.4 is 20.7 Å². The molecule has 0 spiro atoms. The predicted molar refractivity (Wildman–Crippen MR) is 138 cm³/mol. The first kappa shape index (κ1) is 25.9. The fourth-order valence-electron chi connectivity index (χ4n) is 4.40. The van der Waals surface area contributed by atoms with E-state index in [1.165, 1.54) is 27.8 Å². The molecule has 0 aliphatic carbocycles. The van der Waals surface area contributed by atoms with Crippen molar-refractivity contribution >= 4 is 23.9 Å². The zero-order valence-electron chi connectivity index (χ0n) is 20.8. The Morgan fingerprint density at radius 3 is 2.09 bits per heavy atom. The molecule has 0 saturated heterocycles. The van der Waals surface area contributed by atoms with Crippen molar-refractivity contribution in [3.8, 4) is 0 Å². The molecule has 0 bridgehead atoms. The molecule has 1 aliphatic rings. The number of pyridine rings is 1. The maximum Gasteiger partial charge on any atom is 2.00 e. The monoisotopic (exact) mass is 631 g/mol. The minimum Gasteiger partial charge on any atom is -0.658 e. The number of hydrogen-bond donors (Lipinski definition) is 0. The Hall–Kier alpha value is -2.71. The van der Waals surface area contributed by atoms with Gasteiger partial charge in [0.1, 0.15) is 0 Å². The maximum absolute atomic E-state index is 5.06. The van der Waals surface area contributed by atoms with Crippen LogP contribution >= 0.6 is 0 Å². The van der Waals surface area contributed by atoms with Gasteiger partial charge in [-0.3, -0.25) is 9.98 Å². The molecule has 0 saturated carbocycles. The van der Waals surface area contributed by atoms with Crippen molar-refractivity contribution in [2.75, 3.05) is 0 Å². The van der Waals surface area contributed by atoms with Gasteiger partial charge in [-0.1, -0.05) is 67.8 Å². The van der Waals surface area contributed by atoms with Crippen molar-refractivity contribution in [1.29, 1.82) is 0 Å². The third-order valence-corrected chi connectivity index (χ3v) is 6.52. The first-order valence-electron chi connectivity index (χ1n) is 11.9. The summed E-state index contributed by atoms with van der Waals surface area (Å²) in [5, 5.41) is 1.93. The Morgan fingerprint density at radius 2 is 1.53 bits per heavy atom. The summed E-state index contributed by atoms with van der Waals surface area (Å²) < 4.78 is 0. The van der Waals surface area contributed by atoms with E-state index in [0.717, 1.165) is 58.5 Å². The average Bonchev–Trinajstić information content (AvgIpc) is 3.44. The number of aromatic nitrogens is 3. The van der Waals surface area contributed by atoms with Crippen molar-refractivity contribution in [3.63, 3.8) is 0 Å². The smallest absolute Gasteiger partial charge is 0.658 e. The Kier molecular flexibility index (Phi) is 8.49. The topological polar surface area (TPSA) is 53.5 Å². The van der Waals surface area contributed by atoms with E-state index in [-0.39, 0.29) is 21.1 Å². The van der Waals surface area contributed by atoms with Crippen LogP contribution in [0.3, 0.4) is 0 Å². The van der Waals surface area contributed by atoms with Crippen LogP contribution in [0.4, 0.5) is 0 Å². The third-order valence-electron chi connectivity index (χ3n) is 6.52. The molecule has 5 heteroatoms. The molecule has 4 rings (SSSR count). The van der Waals surface area contributed by atoms with Crippen LogP contribution in [-0.4, -0.2) is 10.7 Å². The summed E-state index contributed by atoms with van der Waals surface area (Å²) in [6.07, 6.45) is 11.0. The van der Waals surface area contributed by atoms with E-state index < -0.39 is 0 Å². The Labute approximate surface area is 217 Å². The summed E-state index contributed by atoms with van der Waals surface area (Å²) in [5.41, 5.74) is 11.4. The van der Waals surface area contributed by atoms with Crippen LogP contribution in [0.2, 0.25) is 0 Å². The van der Waals surface area contributed by atoms with Crippen LogP contribution in [0.5, 0.6) is 0 Å². The van der Waals surface area contributed by atoms with Crippen LogP contribution in [-0.2, 0) is 40.3 Å². The van der Waals surface area contributed by atoms with Gasteiger partial charge in [-0.15, -0.1) is 22.1 Å². The number of aryl methyl sites for hydroxylation is 1.